The number of nitrogens with two attached hydrogens (primary N) is 4. The topological polar surface area (TPSA) is 285 Å². The Balaban J connectivity index is 1.59. The second-order valence-electron chi connectivity index (χ2n) is 12.7. The molecule has 16 heteroatoms. The van der Waals surface area contributed by atoms with Gasteiger partial charge in [0, 0.05) is 11.1 Å². The summed E-state index contributed by atoms with van der Waals surface area (Å²) >= 11 is 0. The highest BCUT2D eigenvalue weighted by atomic mass is 32.2. The average Bonchev–Trinajstić information content (AvgIpc) is 3.11. The van der Waals surface area contributed by atoms with Crippen LogP contribution in [0.2, 0.25) is 0 Å². The van der Waals surface area contributed by atoms with Crippen molar-refractivity contribution in [3.63, 3.8) is 0 Å². The van der Waals surface area contributed by atoms with Crippen molar-refractivity contribution in [3.05, 3.63) is 129 Å². The van der Waals surface area contributed by atoms with Crippen molar-refractivity contribution in [1.29, 1.82) is 10.8 Å². The molecule has 0 aromatic heterocycles. The second kappa shape index (κ2) is 12.8. The highest BCUT2D eigenvalue weighted by Crippen LogP contribution is 2.49. The number of nitrogens with zero attached hydrogens (tertiary/aromatic N) is 2. The lowest BCUT2D eigenvalue weighted by molar-refractivity contribution is 0.433. The summed E-state index contributed by atoms with van der Waals surface area (Å²) in [5.74, 6) is 11.3. The molecule has 52 heavy (non-hydrogen) atoms. The van der Waals surface area contributed by atoms with E-state index in [1.54, 1.807) is 72.8 Å². The number of aryl methyl sites for hydroxylation is 2. The maximum atomic E-state index is 13.6. The fourth-order valence-electron chi connectivity index (χ4n) is 8.00. The van der Waals surface area contributed by atoms with Gasteiger partial charge in [0.15, 0.2) is 9.49 Å². The van der Waals surface area contributed by atoms with Crippen molar-refractivity contribution in [2.45, 2.75) is 48.3 Å². The Bertz CT molecular complexity index is 2290. The summed E-state index contributed by atoms with van der Waals surface area (Å²) in [7, 11) is -10.1. The predicted molar refractivity (Wildman–Crippen MR) is 201 cm³/mol. The van der Waals surface area contributed by atoms with Crippen molar-refractivity contribution >= 4 is 43.1 Å². The molecule has 2 aliphatic rings. The van der Waals surface area contributed by atoms with Crippen LogP contribution in [0.1, 0.15) is 58.4 Å². The number of hydrazone groups is 2. The van der Waals surface area contributed by atoms with Gasteiger partial charge in [-0.3, -0.25) is 19.9 Å². The zero-order chi connectivity index (χ0) is 38.0. The first kappa shape index (κ1) is 36.7. The largest absolute Gasteiger partial charge is 0.323 e. The molecule has 4 unspecified atom stereocenters. The first-order chi connectivity index (χ1) is 24.6. The molecule has 0 amide bonds. The van der Waals surface area contributed by atoms with Crippen molar-refractivity contribution < 1.29 is 25.9 Å². The van der Waals surface area contributed by atoms with Crippen LogP contribution in [0.4, 0.5) is 0 Å². The number of hydrogen-bond donors (Lipinski definition) is 8. The van der Waals surface area contributed by atoms with E-state index in [2.05, 4.69) is 10.2 Å². The lowest BCUT2D eigenvalue weighted by Gasteiger charge is -2.43. The number of hydrogen-bond acceptors (Lipinski definition) is 12. The van der Waals surface area contributed by atoms with E-state index in [1.807, 2.05) is 13.8 Å². The van der Waals surface area contributed by atoms with E-state index >= 15 is 0 Å². The Kier molecular flexibility index (Phi) is 9.06. The Morgan fingerprint density at radius 1 is 0.615 bits per heavy atom. The molecule has 0 fully saturated rings. The van der Waals surface area contributed by atoms with Gasteiger partial charge in [0.2, 0.25) is 0 Å². The van der Waals surface area contributed by atoms with Gasteiger partial charge in [0.25, 0.3) is 20.2 Å². The SMILES string of the molecule is CCc1cc(-c2ccc(C3(S(=O)(=O)O)c4ccccc4C(=N)C(=NN)C3N)c(CC)c2)ccc1C1(S(=O)(=O)O)c2ccccc2C(=N)C(=NN)C1N. The number of nitrogens with one attached hydrogen (secondary N) is 2. The molecule has 0 heterocycles. The average molecular weight is 743 g/mol. The zero-order valence-electron chi connectivity index (χ0n) is 28.2. The number of rotatable bonds is 7. The third-order valence-corrected chi connectivity index (χ3v) is 13.4. The van der Waals surface area contributed by atoms with Gasteiger partial charge in [0.1, 0.15) is 11.4 Å². The molecule has 0 aliphatic heterocycles. The lowest BCUT2D eigenvalue weighted by Crippen LogP contribution is -2.61. The van der Waals surface area contributed by atoms with Gasteiger partial charge < -0.3 is 23.2 Å². The van der Waals surface area contributed by atoms with E-state index in [1.165, 1.54) is 12.1 Å². The molecule has 0 saturated heterocycles. The fourth-order valence-corrected chi connectivity index (χ4v) is 10.7. The van der Waals surface area contributed by atoms with E-state index < -0.39 is 41.8 Å². The molecule has 270 valence electrons. The number of benzene rings is 4. The van der Waals surface area contributed by atoms with Crippen molar-refractivity contribution in [2.75, 3.05) is 0 Å². The number of fused-ring (bicyclic) bond motifs is 2. The molecule has 4 aromatic carbocycles. The predicted octanol–water partition coefficient (Wildman–Crippen LogP) is 2.79. The van der Waals surface area contributed by atoms with Gasteiger partial charge in [-0.1, -0.05) is 98.8 Å². The first-order valence-electron chi connectivity index (χ1n) is 16.2. The highest BCUT2D eigenvalue weighted by Gasteiger charge is 2.60. The molecule has 0 radical (unpaired) electrons. The Morgan fingerprint density at radius 2 is 0.962 bits per heavy atom. The molecule has 2 aliphatic carbocycles. The van der Waals surface area contributed by atoms with Gasteiger partial charge in [0.05, 0.1) is 23.5 Å². The zero-order valence-corrected chi connectivity index (χ0v) is 29.8. The van der Waals surface area contributed by atoms with Crippen LogP contribution in [0.5, 0.6) is 0 Å². The molecule has 0 bridgehead atoms. The minimum atomic E-state index is -5.05. The molecule has 0 saturated carbocycles. The van der Waals surface area contributed by atoms with Crippen molar-refractivity contribution in [2.24, 2.45) is 33.4 Å². The quantitative estimate of drug-likeness (QED) is 0.0778. The van der Waals surface area contributed by atoms with Gasteiger partial charge in [-0.2, -0.15) is 27.0 Å². The second-order valence-corrected chi connectivity index (χ2v) is 15.9. The summed E-state index contributed by atoms with van der Waals surface area (Å²) in [6.45, 7) is 3.63. The minimum Gasteiger partial charge on any atom is -0.323 e. The monoisotopic (exact) mass is 742 g/mol. The van der Waals surface area contributed by atoms with Crippen molar-refractivity contribution in [1.82, 2.24) is 0 Å². The van der Waals surface area contributed by atoms with Crippen LogP contribution < -0.4 is 23.2 Å². The van der Waals surface area contributed by atoms with Crippen LogP contribution in [0.3, 0.4) is 0 Å². The third kappa shape index (κ3) is 4.90. The summed E-state index contributed by atoms with van der Waals surface area (Å²) in [5, 5.41) is 24.7. The van der Waals surface area contributed by atoms with Crippen LogP contribution in [0.25, 0.3) is 11.1 Å². The standard InChI is InChI=1S/C36H38N8O6S2/c1-3-19-17-21(13-15-25(19)35(51(45,46)47)27-11-7-5-9-23(27)29(37)31(43-41)33(35)39)22-14-16-26(20(4-2)18-22)36(52(48,49)50)28-12-8-6-10-24(28)30(38)32(44-42)34(36)40/h5-18,33-34,37-38H,3-4,39-42H2,1-2H3,(H,45,46,47)(H,48,49,50). The molecular formula is C36H38N8O6S2. The molecular weight excluding hydrogens is 705 g/mol. The van der Waals surface area contributed by atoms with Crippen LogP contribution in [0, 0.1) is 10.8 Å². The summed E-state index contributed by atoms with van der Waals surface area (Å²) in [4.78, 5) is 0. The van der Waals surface area contributed by atoms with E-state index in [-0.39, 0.29) is 56.2 Å². The molecule has 0 spiro atoms. The Hall–Kier alpha value is -5.10. The summed E-state index contributed by atoms with van der Waals surface area (Å²) < 4.78 is 72.1. The van der Waals surface area contributed by atoms with E-state index in [0.717, 1.165) is 0 Å². The van der Waals surface area contributed by atoms with E-state index in [4.69, 9.17) is 34.0 Å². The first-order valence-corrected chi connectivity index (χ1v) is 19.1. The molecule has 12 N–H and O–H groups in total. The summed E-state index contributed by atoms with van der Waals surface area (Å²) in [6, 6.07) is 19.4. The Labute approximate surface area is 301 Å². The molecule has 4 atom stereocenters. The van der Waals surface area contributed by atoms with Crippen LogP contribution in [-0.4, -0.2) is 60.9 Å². The lowest BCUT2D eigenvalue weighted by atomic mass is 9.71. The highest BCUT2D eigenvalue weighted by molar-refractivity contribution is 7.87. The third-order valence-electron chi connectivity index (χ3n) is 10.4. The summed E-state index contributed by atoms with van der Waals surface area (Å²) in [6.07, 6.45) is 0.594. The van der Waals surface area contributed by atoms with Crippen LogP contribution in [-0.2, 0) is 42.6 Å². The van der Waals surface area contributed by atoms with E-state index in [0.29, 0.717) is 35.1 Å². The fraction of sp³-hybridized carbons (Fsp3) is 0.222. The van der Waals surface area contributed by atoms with Gasteiger partial charge in [-0.05, 0) is 57.3 Å². The van der Waals surface area contributed by atoms with Gasteiger partial charge in [-0.15, -0.1) is 0 Å². The van der Waals surface area contributed by atoms with Crippen LogP contribution >= 0.6 is 0 Å². The van der Waals surface area contributed by atoms with E-state index in [9.17, 15) is 25.9 Å². The molecule has 4 aromatic rings. The maximum Gasteiger partial charge on any atom is 0.281 e. The van der Waals surface area contributed by atoms with Gasteiger partial charge >= 0.3 is 0 Å². The van der Waals surface area contributed by atoms with Crippen LogP contribution in [0.15, 0.2) is 95.1 Å². The Morgan fingerprint density at radius 3 is 1.27 bits per heavy atom. The minimum absolute atomic E-state index is 0.107. The maximum absolute atomic E-state index is 13.6. The summed E-state index contributed by atoms with van der Waals surface area (Å²) in [5.41, 5.74) is 15.7. The normalized spacial score (nSPS) is 24.9. The smallest absolute Gasteiger partial charge is 0.281 e. The van der Waals surface area contributed by atoms with Gasteiger partial charge in [-0.25, -0.2) is 0 Å². The molecule has 14 nitrogen and oxygen atoms in total. The molecule has 6 rings (SSSR count). The van der Waals surface area contributed by atoms with Crippen molar-refractivity contribution in [3.8, 4) is 11.1 Å².